The molecular formula is C8H11Cl2NS. The molecule has 0 amide bonds. The number of thioether (sulfide) groups is 1. The number of nitrogens with zero attached hydrogens (tertiary/aromatic N) is 1. The van der Waals surface area contributed by atoms with Crippen molar-refractivity contribution in [3.8, 4) is 0 Å². The molecule has 0 aliphatic carbocycles. The van der Waals surface area contributed by atoms with Crippen LogP contribution < -0.4 is 0 Å². The molecule has 0 aromatic rings. The first-order chi connectivity index (χ1) is 5.80. The van der Waals surface area contributed by atoms with Crippen LogP contribution in [0.15, 0.2) is 20.9 Å². The Labute approximate surface area is 87.4 Å². The third kappa shape index (κ3) is 2.70. The zero-order valence-electron chi connectivity index (χ0n) is 6.89. The van der Waals surface area contributed by atoms with Gasteiger partial charge in [0.2, 0.25) is 0 Å². The number of rotatable bonds is 1. The number of likely N-dealkylation sites (N-methyl/N-ethyl adjacent to an activating group) is 1. The zero-order valence-corrected chi connectivity index (χ0v) is 9.22. The third-order valence-corrected chi connectivity index (χ3v) is 3.52. The van der Waals surface area contributed by atoms with Crippen molar-refractivity contribution in [2.45, 2.75) is 6.92 Å². The zero-order chi connectivity index (χ0) is 8.97. The quantitative estimate of drug-likeness (QED) is 0.672. The first-order valence-corrected chi connectivity index (χ1v) is 5.47. The molecule has 0 bridgehead atoms. The van der Waals surface area contributed by atoms with Crippen molar-refractivity contribution >= 4 is 35.0 Å². The lowest BCUT2D eigenvalue weighted by Gasteiger charge is -2.27. The molecule has 0 saturated carbocycles. The molecule has 0 radical (unpaired) electrons. The molecule has 0 aromatic carbocycles. The number of hydrogen-bond donors (Lipinski definition) is 0. The van der Waals surface area contributed by atoms with Gasteiger partial charge in [-0.3, -0.25) is 4.90 Å². The molecular weight excluding hydrogens is 213 g/mol. The van der Waals surface area contributed by atoms with E-state index in [1.54, 1.807) is 22.8 Å². The van der Waals surface area contributed by atoms with E-state index in [0.29, 0.717) is 0 Å². The summed E-state index contributed by atoms with van der Waals surface area (Å²) in [6.07, 6.45) is 0. The summed E-state index contributed by atoms with van der Waals surface area (Å²) in [4.78, 5) is 4.62. The Morgan fingerprint density at radius 1 is 1.33 bits per heavy atom. The van der Waals surface area contributed by atoms with Gasteiger partial charge in [-0.2, -0.15) is 0 Å². The van der Waals surface area contributed by atoms with Crippen molar-refractivity contribution in [1.29, 1.82) is 0 Å². The molecule has 4 heteroatoms. The van der Waals surface area contributed by atoms with Crippen molar-refractivity contribution in [3.63, 3.8) is 0 Å². The summed E-state index contributed by atoms with van der Waals surface area (Å²) < 4.78 is 0. The van der Waals surface area contributed by atoms with Crippen LogP contribution in [0.1, 0.15) is 6.92 Å². The summed E-state index contributed by atoms with van der Waals surface area (Å²) in [5.74, 6) is 0. The van der Waals surface area contributed by atoms with Crippen molar-refractivity contribution in [2.75, 3.05) is 19.6 Å². The summed E-state index contributed by atoms with van der Waals surface area (Å²) in [5, 5.41) is 0. The van der Waals surface area contributed by atoms with E-state index in [0.717, 1.165) is 29.4 Å². The number of hydrogen-bond acceptors (Lipinski definition) is 2. The van der Waals surface area contributed by atoms with Gasteiger partial charge in [0, 0.05) is 34.0 Å². The fraction of sp³-hybridized carbons (Fsp3) is 0.500. The predicted octanol–water partition coefficient (Wildman–Crippen LogP) is 3.22. The molecule has 1 aliphatic rings. The van der Waals surface area contributed by atoms with E-state index in [-0.39, 0.29) is 0 Å². The van der Waals surface area contributed by atoms with Crippen LogP contribution in [0.25, 0.3) is 0 Å². The van der Waals surface area contributed by atoms with Gasteiger partial charge >= 0.3 is 0 Å². The standard InChI is InChI=1S/C8H11Cl2NS/c1-2-11-5-7(3-9)12-8(4-10)6-11/h3-4H,2,5-6H2,1H3/b7-3+,8-4+. The highest BCUT2D eigenvalue weighted by Crippen LogP contribution is 2.32. The first-order valence-electron chi connectivity index (χ1n) is 3.78. The molecule has 12 heavy (non-hydrogen) atoms. The molecule has 0 spiro atoms. The van der Waals surface area contributed by atoms with E-state index in [2.05, 4.69) is 11.8 Å². The molecule has 68 valence electrons. The Bertz CT molecular complexity index is 193. The van der Waals surface area contributed by atoms with Crippen LogP contribution in [0.5, 0.6) is 0 Å². The minimum Gasteiger partial charge on any atom is -0.294 e. The van der Waals surface area contributed by atoms with E-state index >= 15 is 0 Å². The highest BCUT2D eigenvalue weighted by molar-refractivity contribution is 8.06. The van der Waals surface area contributed by atoms with Gasteiger partial charge in [-0.25, -0.2) is 0 Å². The minimum atomic E-state index is 0.943. The van der Waals surface area contributed by atoms with Gasteiger partial charge in [0.15, 0.2) is 0 Å². The summed E-state index contributed by atoms with van der Waals surface area (Å²) >= 11 is 13.0. The molecule has 1 rings (SSSR count). The SMILES string of the molecule is CCN1C/C(=C\Cl)S/C(=C/Cl)C1. The molecule has 1 fully saturated rings. The monoisotopic (exact) mass is 223 g/mol. The van der Waals surface area contributed by atoms with Gasteiger partial charge in [-0.15, -0.1) is 0 Å². The van der Waals surface area contributed by atoms with Crippen molar-refractivity contribution in [2.24, 2.45) is 0 Å². The molecule has 1 heterocycles. The Kier molecular flexibility index (Phi) is 4.51. The second-order valence-electron chi connectivity index (χ2n) is 2.56. The van der Waals surface area contributed by atoms with E-state index < -0.39 is 0 Å². The van der Waals surface area contributed by atoms with Gasteiger partial charge in [0.25, 0.3) is 0 Å². The summed E-state index contributed by atoms with van der Waals surface area (Å²) in [6.45, 7) is 5.05. The predicted molar refractivity (Wildman–Crippen MR) is 57.6 cm³/mol. The molecule has 1 nitrogen and oxygen atoms in total. The maximum atomic E-state index is 5.65. The fourth-order valence-corrected chi connectivity index (χ4v) is 2.39. The second-order valence-corrected chi connectivity index (χ2v) is 4.25. The van der Waals surface area contributed by atoms with E-state index in [4.69, 9.17) is 23.2 Å². The summed E-state index contributed by atoms with van der Waals surface area (Å²) in [5.41, 5.74) is 3.26. The fourth-order valence-electron chi connectivity index (χ4n) is 1.07. The van der Waals surface area contributed by atoms with Crippen molar-refractivity contribution in [3.05, 3.63) is 20.9 Å². The van der Waals surface area contributed by atoms with Crippen LogP contribution in [0.4, 0.5) is 0 Å². The normalized spacial score (nSPS) is 26.9. The molecule has 0 unspecified atom stereocenters. The Morgan fingerprint density at radius 3 is 2.17 bits per heavy atom. The second kappa shape index (κ2) is 5.18. The van der Waals surface area contributed by atoms with Crippen LogP contribution in [0.3, 0.4) is 0 Å². The summed E-state index contributed by atoms with van der Waals surface area (Å²) in [7, 11) is 0. The van der Waals surface area contributed by atoms with Gasteiger partial charge in [0.05, 0.1) is 0 Å². The molecule has 0 atom stereocenters. The van der Waals surface area contributed by atoms with Crippen molar-refractivity contribution in [1.82, 2.24) is 4.90 Å². The van der Waals surface area contributed by atoms with E-state index in [1.807, 2.05) is 0 Å². The third-order valence-electron chi connectivity index (χ3n) is 1.71. The van der Waals surface area contributed by atoms with Crippen molar-refractivity contribution < 1.29 is 0 Å². The van der Waals surface area contributed by atoms with Crippen LogP contribution in [0.2, 0.25) is 0 Å². The topological polar surface area (TPSA) is 3.24 Å². The summed E-state index contributed by atoms with van der Waals surface area (Å²) in [6, 6.07) is 0. The Balaban J connectivity index is 2.65. The molecule has 0 N–H and O–H groups in total. The lowest BCUT2D eigenvalue weighted by molar-refractivity contribution is 0.346. The highest BCUT2D eigenvalue weighted by Gasteiger charge is 2.16. The smallest absolute Gasteiger partial charge is 0.0309 e. The van der Waals surface area contributed by atoms with Gasteiger partial charge < -0.3 is 0 Å². The lowest BCUT2D eigenvalue weighted by atomic mass is 10.4. The Hall–Kier alpha value is 0.370. The number of halogens is 2. The van der Waals surface area contributed by atoms with E-state index in [1.165, 1.54) is 0 Å². The van der Waals surface area contributed by atoms with Crippen LogP contribution in [-0.4, -0.2) is 24.5 Å². The van der Waals surface area contributed by atoms with Crippen LogP contribution in [-0.2, 0) is 0 Å². The molecule has 1 saturated heterocycles. The largest absolute Gasteiger partial charge is 0.294 e. The average Bonchev–Trinajstić information content (AvgIpc) is 2.16. The maximum Gasteiger partial charge on any atom is 0.0309 e. The van der Waals surface area contributed by atoms with Gasteiger partial charge in [-0.05, 0) is 6.54 Å². The van der Waals surface area contributed by atoms with Crippen LogP contribution >= 0.6 is 35.0 Å². The van der Waals surface area contributed by atoms with E-state index in [9.17, 15) is 0 Å². The maximum absolute atomic E-state index is 5.65. The molecule has 1 aliphatic heterocycles. The lowest BCUT2D eigenvalue weighted by Crippen LogP contribution is -2.30. The van der Waals surface area contributed by atoms with Gasteiger partial charge in [-0.1, -0.05) is 41.9 Å². The first kappa shape index (κ1) is 10.5. The molecule has 0 aromatic heterocycles. The van der Waals surface area contributed by atoms with Gasteiger partial charge in [0.1, 0.15) is 0 Å². The average molecular weight is 224 g/mol. The Morgan fingerprint density at radius 2 is 1.83 bits per heavy atom. The van der Waals surface area contributed by atoms with Crippen LogP contribution in [0, 0.1) is 0 Å². The minimum absolute atomic E-state index is 0.943. The highest BCUT2D eigenvalue weighted by atomic mass is 35.5.